The summed E-state index contributed by atoms with van der Waals surface area (Å²) in [4.78, 5) is 17.6. The third-order valence-corrected chi connectivity index (χ3v) is 9.43. The maximum absolute atomic E-state index is 12.9. The number of carbonyl (C=O) groups is 1. The van der Waals surface area contributed by atoms with Gasteiger partial charge in [0.15, 0.2) is 0 Å². The number of likely N-dealkylation sites (tertiary alicyclic amines) is 1. The van der Waals surface area contributed by atoms with E-state index < -0.39 is 0 Å². The molecule has 0 spiro atoms. The van der Waals surface area contributed by atoms with Gasteiger partial charge in [0.25, 0.3) is 0 Å². The Bertz CT molecular complexity index is 1050. The van der Waals surface area contributed by atoms with Crippen molar-refractivity contribution in [3.05, 3.63) is 59.1 Å². The number of carbonyl (C=O) groups excluding carboxylic acids is 1. The molecule has 4 fully saturated rings. The number of halogens is 1. The van der Waals surface area contributed by atoms with Crippen molar-refractivity contribution in [1.29, 1.82) is 0 Å². The maximum Gasteiger partial charge on any atom is 0.321 e. The molecule has 4 saturated heterocycles. The van der Waals surface area contributed by atoms with Crippen molar-refractivity contribution >= 4 is 23.3 Å². The second-order valence-electron chi connectivity index (χ2n) is 11.6. The molecule has 1 N–H and O–H groups in total. The highest BCUT2D eigenvalue weighted by molar-refractivity contribution is 6.30. The zero-order valence-corrected chi connectivity index (χ0v) is 23.0. The van der Waals surface area contributed by atoms with Crippen molar-refractivity contribution in [2.75, 3.05) is 38.2 Å². The van der Waals surface area contributed by atoms with Crippen LogP contribution in [0.25, 0.3) is 0 Å². The highest BCUT2D eigenvalue weighted by Gasteiger charge is 2.42. The van der Waals surface area contributed by atoms with E-state index >= 15 is 0 Å². The quantitative estimate of drug-likeness (QED) is 0.454. The van der Waals surface area contributed by atoms with Gasteiger partial charge >= 0.3 is 6.03 Å². The van der Waals surface area contributed by atoms with Gasteiger partial charge in [-0.1, -0.05) is 23.7 Å². The predicted molar refractivity (Wildman–Crippen MR) is 151 cm³/mol. The van der Waals surface area contributed by atoms with E-state index in [2.05, 4.69) is 22.3 Å². The van der Waals surface area contributed by atoms with Crippen LogP contribution in [0.15, 0.2) is 48.5 Å². The molecule has 2 aromatic rings. The van der Waals surface area contributed by atoms with Crippen molar-refractivity contribution < 1.29 is 14.3 Å². The molecule has 6 rings (SSSR count). The number of ether oxygens (including phenoxy) is 2. The zero-order chi connectivity index (χ0) is 25.9. The van der Waals surface area contributed by atoms with E-state index in [1.54, 1.807) is 0 Å². The number of amides is 2. The average Bonchev–Trinajstić information content (AvgIpc) is 3.17. The highest BCUT2D eigenvalue weighted by Crippen LogP contribution is 2.38. The lowest BCUT2D eigenvalue weighted by molar-refractivity contribution is 0.0120. The minimum absolute atomic E-state index is 0.0262. The molecule has 204 valence electrons. The standard InChI is InChI=1S/C31H40ClN3O3/c32-25-3-1-23(2-4-25)24-11-15-34(16-12-24)31(36)33-26-5-9-29(10-6-26)38-30-19-27-7-8-28(20-30)35(27)21-22-13-17-37-18-14-22/h1-6,9-10,22,24,27-28,30H,7-8,11-21H2,(H,33,36)/t27-,28+,30+. The van der Waals surface area contributed by atoms with Gasteiger partial charge in [0.05, 0.1) is 0 Å². The molecule has 4 aliphatic heterocycles. The molecule has 4 aliphatic rings. The van der Waals surface area contributed by atoms with Crippen molar-refractivity contribution in [3.8, 4) is 5.75 Å². The fourth-order valence-corrected chi connectivity index (χ4v) is 7.13. The summed E-state index contributed by atoms with van der Waals surface area (Å²) in [6, 6.07) is 17.3. The molecule has 0 aliphatic carbocycles. The lowest BCUT2D eigenvalue weighted by Crippen LogP contribution is -2.48. The van der Waals surface area contributed by atoms with Gasteiger partial charge in [-0.15, -0.1) is 0 Å². The van der Waals surface area contributed by atoms with Crippen LogP contribution in [0.5, 0.6) is 5.75 Å². The van der Waals surface area contributed by atoms with Crippen LogP contribution in [0.2, 0.25) is 5.02 Å². The van der Waals surface area contributed by atoms with Gasteiger partial charge in [-0.3, -0.25) is 4.90 Å². The molecule has 2 bridgehead atoms. The normalized spacial score (nSPS) is 26.9. The Kier molecular flexibility index (Phi) is 8.10. The van der Waals surface area contributed by atoms with Crippen LogP contribution in [0.4, 0.5) is 10.5 Å². The van der Waals surface area contributed by atoms with E-state index in [4.69, 9.17) is 21.1 Å². The molecule has 3 atom stereocenters. The first kappa shape index (κ1) is 26.0. The number of nitrogens with zero attached hydrogens (tertiary/aromatic N) is 2. The van der Waals surface area contributed by atoms with Crippen LogP contribution in [-0.2, 0) is 4.74 Å². The third kappa shape index (κ3) is 6.13. The molecule has 7 heteroatoms. The Morgan fingerprint density at radius 3 is 2.21 bits per heavy atom. The number of rotatable bonds is 6. The van der Waals surface area contributed by atoms with Gasteiger partial charge < -0.3 is 19.7 Å². The first-order valence-electron chi connectivity index (χ1n) is 14.5. The number of hydrogen-bond acceptors (Lipinski definition) is 4. The van der Waals surface area contributed by atoms with E-state index in [0.29, 0.717) is 18.0 Å². The number of hydrogen-bond donors (Lipinski definition) is 1. The molecule has 0 saturated carbocycles. The molecule has 6 nitrogen and oxygen atoms in total. The van der Waals surface area contributed by atoms with Gasteiger partial charge in [-0.25, -0.2) is 4.79 Å². The molecule has 2 amide bonds. The van der Waals surface area contributed by atoms with Crippen LogP contribution in [0, 0.1) is 5.92 Å². The third-order valence-electron chi connectivity index (χ3n) is 9.18. The largest absolute Gasteiger partial charge is 0.490 e. The van der Waals surface area contributed by atoms with Crippen LogP contribution in [-0.4, -0.2) is 66.9 Å². The van der Waals surface area contributed by atoms with Crippen molar-refractivity contribution in [1.82, 2.24) is 9.80 Å². The van der Waals surface area contributed by atoms with Gasteiger partial charge in [-0.05, 0) is 105 Å². The molecular weight excluding hydrogens is 498 g/mol. The van der Waals surface area contributed by atoms with Crippen molar-refractivity contribution in [2.24, 2.45) is 5.92 Å². The molecule has 2 aromatic carbocycles. The molecular formula is C31H40ClN3O3. The number of nitrogens with one attached hydrogen (secondary N) is 1. The number of benzene rings is 2. The lowest BCUT2D eigenvalue weighted by atomic mass is 9.89. The summed E-state index contributed by atoms with van der Waals surface area (Å²) >= 11 is 6.03. The number of anilines is 1. The molecule has 4 heterocycles. The Morgan fingerprint density at radius 1 is 0.895 bits per heavy atom. The van der Waals surface area contributed by atoms with Gasteiger partial charge in [-0.2, -0.15) is 0 Å². The zero-order valence-electron chi connectivity index (χ0n) is 22.2. The number of urea groups is 1. The summed E-state index contributed by atoms with van der Waals surface area (Å²) in [6.07, 6.45) is 9.47. The molecule has 0 aromatic heterocycles. The fourth-order valence-electron chi connectivity index (χ4n) is 7.01. The topological polar surface area (TPSA) is 54.0 Å². The summed E-state index contributed by atoms with van der Waals surface area (Å²) in [5, 5.41) is 3.84. The predicted octanol–water partition coefficient (Wildman–Crippen LogP) is 6.55. The summed E-state index contributed by atoms with van der Waals surface area (Å²) < 4.78 is 12.0. The molecule has 0 unspecified atom stereocenters. The monoisotopic (exact) mass is 537 g/mol. The Hall–Kier alpha value is -2.28. The summed E-state index contributed by atoms with van der Waals surface area (Å²) in [5.74, 6) is 2.17. The Morgan fingerprint density at radius 2 is 1.55 bits per heavy atom. The van der Waals surface area contributed by atoms with Gasteiger partial charge in [0.2, 0.25) is 0 Å². The maximum atomic E-state index is 12.9. The second kappa shape index (κ2) is 11.8. The van der Waals surface area contributed by atoms with Gasteiger partial charge in [0.1, 0.15) is 11.9 Å². The fraction of sp³-hybridized carbons (Fsp3) is 0.581. The van der Waals surface area contributed by atoms with E-state index in [0.717, 1.165) is 74.4 Å². The van der Waals surface area contributed by atoms with Crippen molar-refractivity contribution in [2.45, 2.75) is 75.5 Å². The highest BCUT2D eigenvalue weighted by atomic mass is 35.5. The summed E-state index contributed by atoms with van der Waals surface area (Å²) in [5.41, 5.74) is 2.12. The number of fused-ring (bicyclic) bond motifs is 2. The smallest absolute Gasteiger partial charge is 0.321 e. The van der Waals surface area contributed by atoms with E-state index in [1.165, 1.54) is 37.8 Å². The Balaban J connectivity index is 0.958. The molecule has 38 heavy (non-hydrogen) atoms. The molecule has 0 radical (unpaired) electrons. The minimum atomic E-state index is -0.0262. The minimum Gasteiger partial charge on any atom is -0.490 e. The summed E-state index contributed by atoms with van der Waals surface area (Å²) in [7, 11) is 0. The van der Waals surface area contributed by atoms with Crippen LogP contribution < -0.4 is 10.1 Å². The number of piperidine rings is 2. The summed E-state index contributed by atoms with van der Waals surface area (Å²) in [6.45, 7) is 4.61. The van der Waals surface area contributed by atoms with Crippen LogP contribution in [0.1, 0.15) is 62.8 Å². The van der Waals surface area contributed by atoms with E-state index in [1.807, 2.05) is 41.3 Å². The van der Waals surface area contributed by atoms with E-state index in [-0.39, 0.29) is 12.1 Å². The Labute approximate surface area is 231 Å². The van der Waals surface area contributed by atoms with E-state index in [9.17, 15) is 4.79 Å². The lowest BCUT2D eigenvalue weighted by Gasteiger charge is -2.41. The van der Waals surface area contributed by atoms with Crippen LogP contribution >= 0.6 is 11.6 Å². The first-order valence-corrected chi connectivity index (χ1v) is 14.9. The first-order chi connectivity index (χ1) is 18.6. The second-order valence-corrected chi connectivity index (χ2v) is 12.1. The van der Waals surface area contributed by atoms with Crippen molar-refractivity contribution in [3.63, 3.8) is 0 Å². The SMILES string of the molecule is O=C(Nc1ccc(O[C@H]2C[C@H]3CC[C@@H](C2)N3CC2CCOCC2)cc1)N1CCC(c2ccc(Cl)cc2)CC1. The average molecular weight is 538 g/mol. The van der Waals surface area contributed by atoms with Gasteiger partial charge in [0, 0.05) is 55.6 Å². The van der Waals surface area contributed by atoms with Crippen LogP contribution in [0.3, 0.4) is 0 Å².